The van der Waals surface area contributed by atoms with Crippen molar-refractivity contribution < 1.29 is 9.59 Å². The molecule has 5 heteroatoms. The molecule has 1 aliphatic rings. The number of hydrogen-bond donors (Lipinski definition) is 1. The molecule has 3 rings (SSSR count). The number of para-hydroxylation sites is 1. The van der Waals surface area contributed by atoms with Crippen LogP contribution in [0.1, 0.15) is 24.5 Å². The molecule has 0 bridgehead atoms. The lowest BCUT2D eigenvalue weighted by Crippen LogP contribution is -2.37. The number of carbonyl (C=O) groups is 2. The van der Waals surface area contributed by atoms with Crippen LogP contribution < -0.4 is 5.32 Å². The Hall–Kier alpha value is -2.27. The van der Waals surface area contributed by atoms with Gasteiger partial charge in [0.15, 0.2) is 0 Å². The van der Waals surface area contributed by atoms with Gasteiger partial charge >= 0.3 is 0 Å². The van der Waals surface area contributed by atoms with Crippen LogP contribution in [-0.4, -0.2) is 28.5 Å². The molecule has 0 aliphatic carbocycles. The maximum atomic E-state index is 12.7. The van der Waals surface area contributed by atoms with Gasteiger partial charge in [-0.3, -0.25) is 9.59 Å². The van der Waals surface area contributed by atoms with Gasteiger partial charge in [-0.25, -0.2) is 0 Å². The average Bonchev–Trinajstić information content (AvgIpc) is 2.61. The molecule has 0 aromatic heterocycles. The van der Waals surface area contributed by atoms with E-state index in [2.05, 4.69) is 18.3 Å². The summed E-state index contributed by atoms with van der Waals surface area (Å²) in [5, 5.41) is 2.52. The Balaban J connectivity index is 1.68. The van der Waals surface area contributed by atoms with E-state index in [0.29, 0.717) is 13.1 Å². The van der Waals surface area contributed by atoms with Crippen molar-refractivity contribution >= 4 is 29.3 Å². The number of rotatable bonds is 5. The van der Waals surface area contributed by atoms with Crippen molar-refractivity contribution in [1.29, 1.82) is 0 Å². The van der Waals surface area contributed by atoms with Gasteiger partial charge in [0.25, 0.3) is 0 Å². The van der Waals surface area contributed by atoms with E-state index >= 15 is 0 Å². The van der Waals surface area contributed by atoms with Gasteiger partial charge in [-0.05, 0) is 37.1 Å². The molecule has 1 heterocycles. The molecule has 0 fully saturated rings. The minimum Gasteiger partial charge on any atom is -0.339 e. The number of nitrogens with zero attached hydrogens (tertiary/aromatic N) is 1. The first-order valence-corrected chi connectivity index (χ1v) is 9.35. The molecule has 0 saturated carbocycles. The number of nitrogens with one attached hydrogen (secondary N) is 1. The van der Waals surface area contributed by atoms with E-state index in [1.54, 1.807) is 0 Å². The normalized spacial score (nSPS) is 16.1. The zero-order valence-corrected chi connectivity index (χ0v) is 15.3. The van der Waals surface area contributed by atoms with Gasteiger partial charge in [-0.1, -0.05) is 36.4 Å². The van der Waals surface area contributed by atoms with E-state index in [1.807, 2.05) is 54.3 Å². The number of fused-ring (bicyclic) bond motifs is 1. The van der Waals surface area contributed by atoms with Gasteiger partial charge in [-0.15, -0.1) is 11.8 Å². The van der Waals surface area contributed by atoms with Crippen molar-refractivity contribution in [3.05, 3.63) is 59.7 Å². The predicted octanol–water partition coefficient (Wildman–Crippen LogP) is 3.85. The minimum absolute atomic E-state index is 0.0118. The lowest BCUT2D eigenvalue weighted by molar-refractivity contribution is -0.133. The number of anilines is 1. The summed E-state index contributed by atoms with van der Waals surface area (Å²) in [5.74, 6) is -0.0817. The number of aryl methyl sites for hydroxylation is 1. The topological polar surface area (TPSA) is 49.4 Å². The Morgan fingerprint density at radius 3 is 2.64 bits per heavy atom. The molecule has 4 nitrogen and oxygen atoms in total. The minimum atomic E-state index is -0.381. The number of carbonyl (C=O) groups excluding carboxylic acids is 2. The van der Waals surface area contributed by atoms with Crippen molar-refractivity contribution in [3.8, 4) is 0 Å². The lowest BCUT2D eigenvalue weighted by Gasteiger charge is -2.27. The first-order valence-electron chi connectivity index (χ1n) is 8.47. The number of benzene rings is 2. The second kappa shape index (κ2) is 7.74. The van der Waals surface area contributed by atoms with Crippen molar-refractivity contribution in [2.45, 2.75) is 37.0 Å². The third-order valence-electron chi connectivity index (χ3n) is 4.42. The second-order valence-electron chi connectivity index (χ2n) is 6.13. The summed E-state index contributed by atoms with van der Waals surface area (Å²) in [5.41, 5.74) is 3.14. The van der Waals surface area contributed by atoms with Crippen LogP contribution in [-0.2, 0) is 16.1 Å². The van der Waals surface area contributed by atoms with E-state index < -0.39 is 0 Å². The molecule has 0 radical (unpaired) electrons. The molecule has 1 unspecified atom stereocenters. The molecule has 2 aromatic rings. The molecule has 25 heavy (non-hydrogen) atoms. The Kier molecular flexibility index (Phi) is 5.43. The summed E-state index contributed by atoms with van der Waals surface area (Å²) in [7, 11) is 0. The number of hydrogen-bond acceptors (Lipinski definition) is 3. The van der Waals surface area contributed by atoms with Gasteiger partial charge in [0.2, 0.25) is 11.8 Å². The van der Waals surface area contributed by atoms with Crippen LogP contribution in [0.2, 0.25) is 0 Å². The zero-order chi connectivity index (χ0) is 17.8. The summed E-state index contributed by atoms with van der Waals surface area (Å²) in [6.45, 7) is 5.23. The van der Waals surface area contributed by atoms with Gasteiger partial charge in [-0.2, -0.15) is 0 Å². The fourth-order valence-corrected chi connectivity index (χ4v) is 3.99. The van der Waals surface area contributed by atoms with Crippen LogP contribution in [0.25, 0.3) is 0 Å². The number of amides is 2. The van der Waals surface area contributed by atoms with E-state index in [4.69, 9.17) is 0 Å². The van der Waals surface area contributed by atoms with Gasteiger partial charge < -0.3 is 10.2 Å². The predicted molar refractivity (Wildman–Crippen MR) is 102 cm³/mol. The lowest BCUT2D eigenvalue weighted by atomic mass is 10.1. The molecular weight excluding hydrogens is 332 g/mol. The first-order chi connectivity index (χ1) is 12.1. The third-order valence-corrected chi connectivity index (χ3v) is 5.70. The van der Waals surface area contributed by atoms with E-state index in [-0.39, 0.29) is 23.5 Å². The highest BCUT2D eigenvalue weighted by Gasteiger charge is 2.30. The molecule has 130 valence electrons. The summed E-state index contributed by atoms with van der Waals surface area (Å²) >= 11 is 1.47. The van der Waals surface area contributed by atoms with Crippen molar-refractivity contribution in [2.75, 3.05) is 11.9 Å². The summed E-state index contributed by atoms with van der Waals surface area (Å²) in [6, 6.07) is 15.8. The average molecular weight is 354 g/mol. The summed E-state index contributed by atoms with van der Waals surface area (Å²) in [6.07, 6.45) is 0.213. The maximum Gasteiger partial charge on any atom is 0.238 e. The zero-order valence-electron chi connectivity index (χ0n) is 14.5. The Labute approximate surface area is 152 Å². The molecular formula is C20H22N2O2S. The first kappa shape index (κ1) is 17.5. The quantitative estimate of drug-likeness (QED) is 0.887. The van der Waals surface area contributed by atoms with E-state index in [0.717, 1.165) is 16.1 Å². The van der Waals surface area contributed by atoms with Crippen molar-refractivity contribution in [1.82, 2.24) is 4.90 Å². The standard InChI is InChI=1S/C20H22N2O2S/c1-3-22(13-15-9-5-4-8-14(15)2)19(23)12-18-20(24)21-16-10-6-7-11-17(16)25-18/h4-11,18H,3,12-13H2,1-2H3,(H,21,24). The summed E-state index contributed by atoms with van der Waals surface area (Å²) in [4.78, 5) is 27.9. The van der Waals surface area contributed by atoms with Crippen LogP contribution in [0.4, 0.5) is 5.69 Å². The van der Waals surface area contributed by atoms with Crippen LogP contribution in [0, 0.1) is 6.92 Å². The van der Waals surface area contributed by atoms with Crippen LogP contribution in [0.15, 0.2) is 53.4 Å². The van der Waals surface area contributed by atoms with Crippen molar-refractivity contribution in [2.24, 2.45) is 0 Å². The number of thioether (sulfide) groups is 1. The molecule has 0 spiro atoms. The summed E-state index contributed by atoms with van der Waals surface area (Å²) < 4.78 is 0. The third kappa shape index (κ3) is 4.04. The Morgan fingerprint density at radius 1 is 1.16 bits per heavy atom. The van der Waals surface area contributed by atoms with Crippen LogP contribution in [0.5, 0.6) is 0 Å². The molecule has 1 atom stereocenters. The second-order valence-corrected chi connectivity index (χ2v) is 7.37. The monoisotopic (exact) mass is 354 g/mol. The highest BCUT2D eigenvalue weighted by Crippen LogP contribution is 2.36. The van der Waals surface area contributed by atoms with E-state index in [1.165, 1.54) is 17.3 Å². The maximum absolute atomic E-state index is 12.7. The Morgan fingerprint density at radius 2 is 1.88 bits per heavy atom. The smallest absolute Gasteiger partial charge is 0.238 e. The highest BCUT2D eigenvalue weighted by molar-refractivity contribution is 8.01. The molecule has 2 aromatic carbocycles. The SMILES string of the molecule is CCN(Cc1ccccc1C)C(=O)CC1Sc2ccccc2NC1=O. The van der Waals surface area contributed by atoms with Crippen LogP contribution in [0.3, 0.4) is 0 Å². The van der Waals surface area contributed by atoms with Gasteiger partial charge in [0.1, 0.15) is 0 Å². The van der Waals surface area contributed by atoms with Crippen LogP contribution >= 0.6 is 11.8 Å². The Bertz CT molecular complexity index is 791. The van der Waals surface area contributed by atoms with Gasteiger partial charge in [0, 0.05) is 24.4 Å². The fourth-order valence-electron chi connectivity index (χ4n) is 2.88. The van der Waals surface area contributed by atoms with E-state index in [9.17, 15) is 9.59 Å². The van der Waals surface area contributed by atoms with Crippen molar-refractivity contribution in [3.63, 3.8) is 0 Å². The fraction of sp³-hybridized carbons (Fsp3) is 0.300. The molecule has 0 saturated heterocycles. The molecule has 1 N–H and O–H groups in total. The highest BCUT2D eigenvalue weighted by atomic mass is 32.2. The molecule has 1 aliphatic heterocycles. The molecule has 2 amide bonds. The largest absolute Gasteiger partial charge is 0.339 e. The van der Waals surface area contributed by atoms with Gasteiger partial charge in [0.05, 0.1) is 10.9 Å².